The highest BCUT2D eigenvalue weighted by Crippen LogP contribution is 2.02. The molecule has 1 N–H and O–H groups in total. The molecule has 0 aliphatic carbocycles. The Balaban J connectivity index is 2.92. The zero-order valence-electron chi connectivity index (χ0n) is 6.13. The molecule has 0 aliphatic heterocycles. The van der Waals surface area contributed by atoms with E-state index in [4.69, 9.17) is 0 Å². The number of esters is 1. The van der Waals surface area contributed by atoms with Crippen molar-refractivity contribution in [3.63, 3.8) is 0 Å². The second-order valence-electron chi connectivity index (χ2n) is 1.88. The van der Waals surface area contributed by atoms with Gasteiger partial charge >= 0.3 is 5.97 Å². The first-order chi connectivity index (χ1) is 5.29. The summed E-state index contributed by atoms with van der Waals surface area (Å²) in [6.45, 7) is 3.59. The summed E-state index contributed by atoms with van der Waals surface area (Å²) in [5.74, 6) is -0.489. The quantitative estimate of drug-likeness (QED) is 0.607. The molecule has 5 heteroatoms. The fraction of sp³-hybridized carbons (Fsp3) is 0.333. The highest BCUT2D eigenvalue weighted by Gasteiger charge is 2.13. The molecular formula is C6H8N3O2. The largest absolute Gasteiger partial charge is 0.464 e. The van der Waals surface area contributed by atoms with E-state index < -0.39 is 5.97 Å². The number of rotatable bonds is 2. The number of hydrogen-bond acceptors (Lipinski definition) is 4. The Morgan fingerprint density at radius 3 is 3.09 bits per heavy atom. The minimum Gasteiger partial charge on any atom is -0.464 e. The van der Waals surface area contributed by atoms with Crippen LogP contribution in [0, 0.1) is 6.92 Å². The first kappa shape index (κ1) is 7.71. The summed E-state index contributed by atoms with van der Waals surface area (Å²) >= 11 is 0. The number of methoxy groups -OCH3 is 1. The Bertz CT molecular complexity index is 256. The summed E-state index contributed by atoms with van der Waals surface area (Å²) in [7, 11) is 1.30. The number of nitrogens with one attached hydrogen (secondary N) is 1. The lowest BCUT2D eigenvalue weighted by molar-refractivity contribution is 0.0593. The number of hydrogen-bond donors (Lipinski definition) is 1. The molecular weight excluding hydrogens is 146 g/mol. The third kappa shape index (κ3) is 1.36. The van der Waals surface area contributed by atoms with E-state index in [1.165, 1.54) is 7.11 Å². The maximum absolute atomic E-state index is 10.9. The molecule has 0 bridgehead atoms. The van der Waals surface area contributed by atoms with Crippen molar-refractivity contribution < 1.29 is 9.53 Å². The maximum Gasteiger partial charge on any atom is 0.360 e. The van der Waals surface area contributed by atoms with Crippen LogP contribution in [0.5, 0.6) is 0 Å². The van der Waals surface area contributed by atoms with Crippen molar-refractivity contribution in [3.05, 3.63) is 18.3 Å². The average Bonchev–Trinajstić information content (AvgIpc) is 2.50. The number of ether oxygens (including phenoxy) is 1. The van der Waals surface area contributed by atoms with Crippen LogP contribution in [0.15, 0.2) is 0 Å². The summed E-state index contributed by atoms with van der Waals surface area (Å²) in [4.78, 5) is 10.9. The van der Waals surface area contributed by atoms with Crippen LogP contribution in [0.3, 0.4) is 0 Å². The smallest absolute Gasteiger partial charge is 0.360 e. The number of nitrogens with zero attached hydrogens (tertiary/aromatic N) is 2. The van der Waals surface area contributed by atoms with E-state index in [0.29, 0.717) is 12.1 Å². The average molecular weight is 154 g/mol. The monoisotopic (exact) mass is 154 g/mol. The molecule has 11 heavy (non-hydrogen) atoms. The van der Waals surface area contributed by atoms with Crippen LogP contribution >= 0.6 is 0 Å². The summed E-state index contributed by atoms with van der Waals surface area (Å²) < 4.78 is 4.45. The second kappa shape index (κ2) is 3.14. The summed E-state index contributed by atoms with van der Waals surface area (Å²) in [6.07, 6.45) is 0.442. The molecule has 0 fully saturated rings. The predicted molar refractivity (Wildman–Crippen MR) is 36.8 cm³/mol. The molecule has 0 amide bonds. The lowest BCUT2D eigenvalue weighted by Gasteiger charge is -1.94. The topological polar surface area (TPSA) is 67.9 Å². The molecule has 0 aliphatic rings. The Hall–Kier alpha value is -1.39. The van der Waals surface area contributed by atoms with Gasteiger partial charge in [0.05, 0.1) is 12.8 Å². The molecule has 5 nitrogen and oxygen atoms in total. The third-order valence-electron chi connectivity index (χ3n) is 1.25. The molecule has 0 saturated carbocycles. The van der Waals surface area contributed by atoms with Gasteiger partial charge in [-0.3, -0.25) is 5.10 Å². The lowest BCUT2D eigenvalue weighted by atomic mass is 10.3. The number of carbonyl (C=O) groups is 1. The van der Waals surface area contributed by atoms with Gasteiger partial charge in [0.15, 0.2) is 5.69 Å². The fourth-order valence-electron chi connectivity index (χ4n) is 0.684. The molecule has 1 rings (SSSR count). The van der Waals surface area contributed by atoms with Gasteiger partial charge in [0.25, 0.3) is 0 Å². The van der Waals surface area contributed by atoms with Crippen molar-refractivity contribution in [2.75, 3.05) is 7.11 Å². The van der Waals surface area contributed by atoms with Gasteiger partial charge in [0, 0.05) is 0 Å². The minimum atomic E-state index is -0.489. The highest BCUT2D eigenvalue weighted by atomic mass is 16.5. The van der Waals surface area contributed by atoms with Crippen LogP contribution < -0.4 is 0 Å². The van der Waals surface area contributed by atoms with Crippen molar-refractivity contribution in [2.24, 2.45) is 0 Å². The van der Waals surface area contributed by atoms with Crippen LogP contribution in [0.25, 0.3) is 0 Å². The van der Waals surface area contributed by atoms with E-state index in [1.54, 1.807) is 0 Å². The zero-order chi connectivity index (χ0) is 8.27. The summed E-state index contributed by atoms with van der Waals surface area (Å²) in [5, 5.41) is 9.53. The Morgan fingerprint density at radius 1 is 1.82 bits per heavy atom. The second-order valence-corrected chi connectivity index (χ2v) is 1.88. The Kier molecular flexibility index (Phi) is 2.20. The van der Waals surface area contributed by atoms with Crippen LogP contribution in [0.4, 0.5) is 0 Å². The van der Waals surface area contributed by atoms with Crippen LogP contribution in [0.1, 0.15) is 16.2 Å². The van der Waals surface area contributed by atoms with E-state index in [9.17, 15) is 4.79 Å². The molecule has 1 aromatic rings. The van der Waals surface area contributed by atoms with Crippen LogP contribution in [-0.2, 0) is 11.2 Å². The zero-order valence-corrected chi connectivity index (χ0v) is 6.13. The number of aromatic amines is 1. The van der Waals surface area contributed by atoms with Gasteiger partial charge in [-0.2, -0.15) is 0 Å². The summed E-state index contributed by atoms with van der Waals surface area (Å²) in [6, 6.07) is 0. The van der Waals surface area contributed by atoms with E-state index in [1.807, 2.05) is 0 Å². The molecule has 0 unspecified atom stereocenters. The van der Waals surface area contributed by atoms with Crippen molar-refractivity contribution >= 4 is 5.97 Å². The normalized spacial score (nSPS) is 9.64. The summed E-state index contributed by atoms with van der Waals surface area (Å²) in [5.41, 5.74) is 0.805. The first-order valence-electron chi connectivity index (χ1n) is 3.07. The molecule has 1 heterocycles. The van der Waals surface area contributed by atoms with E-state index >= 15 is 0 Å². The van der Waals surface area contributed by atoms with Crippen LogP contribution in [-0.4, -0.2) is 28.5 Å². The van der Waals surface area contributed by atoms with Gasteiger partial charge in [-0.25, -0.2) is 4.79 Å². The highest BCUT2D eigenvalue weighted by molar-refractivity contribution is 5.88. The first-order valence-corrected chi connectivity index (χ1v) is 3.07. The van der Waals surface area contributed by atoms with E-state index in [2.05, 4.69) is 27.1 Å². The fourth-order valence-corrected chi connectivity index (χ4v) is 0.684. The molecule has 0 atom stereocenters. The van der Waals surface area contributed by atoms with Crippen molar-refractivity contribution in [3.8, 4) is 0 Å². The van der Waals surface area contributed by atoms with Crippen LogP contribution in [0.2, 0.25) is 0 Å². The van der Waals surface area contributed by atoms with Gasteiger partial charge in [0.1, 0.15) is 0 Å². The molecule has 59 valence electrons. The molecule has 1 radical (unpaired) electrons. The maximum atomic E-state index is 10.9. The Labute approximate surface area is 63.8 Å². The van der Waals surface area contributed by atoms with Gasteiger partial charge in [-0.15, -0.1) is 5.10 Å². The van der Waals surface area contributed by atoms with Gasteiger partial charge < -0.3 is 4.74 Å². The molecule has 0 aromatic carbocycles. The van der Waals surface area contributed by atoms with Crippen molar-refractivity contribution in [2.45, 2.75) is 6.42 Å². The van der Waals surface area contributed by atoms with Gasteiger partial charge in [0.2, 0.25) is 0 Å². The number of carbonyl (C=O) groups excluding carboxylic acids is 1. The lowest BCUT2D eigenvalue weighted by Crippen LogP contribution is -2.04. The molecule has 0 saturated heterocycles. The SMILES string of the molecule is [CH2]Cc1[nH]nnc1C(=O)OC. The van der Waals surface area contributed by atoms with E-state index in [0.717, 1.165) is 0 Å². The van der Waals surface area contributed by atoms with Gasteiger partial charge in [-0.05, 0) is 13.3 Å². The van der Waals surface area contributed by atoms with Crippen molar-refractivity contribution in [1.29, 1.82) is 0 Å². The number of aromatic nitrogens is 3. The minimum absolute atomic E-state index is 0.211. The standard InChI is InChI=1S/C6H8N3O2/c1-3-4-5(6(10)11-2)8-9-7-4/h1,3H2,2H3,(H,7,8,9). The third-order valence-corrected chi connectivity index (χ3v) is 1.25. The van der Waals surface area contributed by atoms with Gasteiger partial charge in [-0.1, -0.05) is 5.21 Å². The predicted octanol–water partition coefficient (Wildman–Crippen LogP) is -0.0321. The molecule has 0 spiro atoms. The number of H-pyrrole nitrogens is 1. The molecule has 1 aromatic heterocycles. The Morgan fingerprint density at radius 2 is 2.55 bits per heavy atom. The van der Waals surface area contributed by atoms with Crippen molar-refractivity contribution in [1.82, 2.24) is 15.4 Å². The van der Waals surface area contributed by atoms with E-state index in [-0.39, 0.29) is 5.69 Å².